The Morgan fingerprint density at radius 1 is 1.19 bits per heavy atom. The van der Waals surface area contributed by atoms with Gasteiger partial charge in [-0.2, -0.15) is 0 Å². The summed E-state index contributed by atoms with van der Waals surface area (Å²) in [5.74, 6) is -0.187. The van der Waals surface area contributed by atoms with Crippen LogP contribution in [0.1, 0.15) is 32.1 Å². The van der Waals surface area contributed by atoms with E-state index in [1.165, 1.54) is 7.11 Å². The van der Waals surface area contributed by atoms with E-state index >= 15 is 0 Å². The molecule has 0 saturated carbocycles. The number of halogens is 1. The van der Waals surface area contributed by atoms with Crippen molar-refractivity contribution in [1.29, 1.82) is 0 Å². The average molecular weight is 253 g/mol. The van der Waals surface area contributed by atoms with Crippen molar-refractivity contribution in [3.05, 3.63) is 0 Å². The van der Waals surface area contributed by atoms with Crippen molar-refractivity contribution in [1.82, 2.24) is 5.32 Å². The minimum Gasteiger partial charge on any atom is -0.469 e. The molecule has 0 radical (unpaired) electrons. The third-order valence-electron chi connectivity index (χ3n) is 1.98. The van der Waals surface area contributed by atoms with E-state index in [-0.39, 0.29) is 24.3 Å². The second-order valence-electron chi connectivity index (χ2n) is 3.28. The van der Waals surface area contributed by atoms with E-state index in [0.717, 1.165) is 19.3 Å². The quantitative estimate of drug-likeness (QED) is 0.490. The summed E-state index contributed by atoms with van der Waals surface area (Å²) in [6.07, 6.45) is 3.43. The molecule has 0 aromatic heterocycles. The number of nitrogens with two attached hydrogens (primary N) is 1. The third kappa shape index (κ3) is 11.3. The van der Waals surface area contributed by atoms with Gasteiger partial charge in [-0.25, -0.2) is 0 Å². The van der Waals surface area contributed by atoms with Crippen LogP contribution in [0.25, 0.3) is 0 Å². The number of hydrogen-bond donors (Lipinski definition) is 2. The van der Waals surface area contributed by atoms with Crippen LogP contribution >= 0.6 is 12.4 Å². The van der Waals surface area contributed by atoms with Gasteiger partial charge in [-0.05, 0) is 12.8 Å². The lowest BCUT2D eigenvalue weighted by molar-refractivity contribution is -0.140. The van der Waals surface area contributed by atoms with Crippen LogP contribution in [-0.4, -0.2) is 32.1 Å². The smallest absolute Gasteiger partial charge is 0.305 e. The molecule has 6 heteroatoms. The molecule has 0 bridgehead atoms. The topological polar surface area (TPSA) is 81.4 Å². The van der Waals surface area contributed by atoms with Gasteiger partial charge in [0.25, 0.3) is 0 Å². The summed E-state index contributed by atoms with van der Waals surface area (Å²) in [5.41, 5.74) is 5.22. The van der Waals surface area contributed by atoms with Gasteiger partial charge in [0.1, 0.15) is 0 Å². The standard InChI is InChI=1S/C10H20N2O3.ClH/c1-15-10(14)5-3-2-4-8-12-9(13)6-7-11;/h2-8,11H2,1H3,(H,12,13);1H. The van der Waals surface area contributed by atoms with Gasteiger partial charge in [0.15, 0.2) is 0 Å². The molecule has 0 aliphatic carbocycles. The number of esters is 1. The first kappa shape index (κ1) is 17.6. The molecule has 0 unspecified atom stereocenters. The summed E-state index contributed by atoms with van der Waals surface area (Å²) < 4.78 is 4.50. The van der Waals surface area contributed by atoms with Gasteiger partial charge >= 0.3 is 5.97 Å². The number of carbonyl (C=O) groups excluding carboxylic acids is 2. The van der Waals surface area contributed by atoms with Gasteiger partial charge in [0.2, 0.25) is 5.91 Å². The minimum absolute atomic E-state index is 0. The fourth-order valence-electron chi connectivity index (χ4n) is 1.12. The Morgan fingerprint density at radius 3 is 2.44 bits per heavy atom. The zero-order valence-electron chi connectivity index (χ0n) is 9.66. The molecular formula is C10H21ClN2O3. The van der Waals surface area contributed by atoms with Crippen molar-refractivity contribution in [2.75, 3.05) is 20.2 Å². The second-order valence-corrected chi connectivity index (χ2v) is 3.28. The van der Waals surface area contributed by atoms with Crippen LogP contribution in [-0.2, 0) is 14.3 Å². The highest BCUT2D eigenvalue weighted by Crippen LogP contribution is 1.99. The van der Waals surface area contributed by atoms with Gasteiger partial charge in [0, 0.05) is 25.9 Å². The molecule has 0 aromatic rings. The van der Waals surface area contributed by atoms with Crippen LogP contribution in [0.2, 0.25) is 0 Å². The Kier molecular flexibility index (Phi) is 13.5. The number of unbranched alkanes of at least 4 members (excludes halogenated alkanes) is 2. The largest absolute Gasteiger partial charge is 0.469 e. The summed E-state index contributed by atoms with van der Waals surface area (Å²) in [6.45, 7) is 1.04. The molecule has 0 atom stereocenters. The number of rotatable bonds is 8. The SMILES string of the molecule is COC(=O)CCCCCNC(=O)CCN.Cl. The predicted octanol–water partition coefficient (Wildman–Crippen LogP) is 0.607. The van der Waals surface area contributed by atoms with E-state index in [0.29, 0.717) is 25.9 Å². The molecule has 16 heavy (non-hydrogen) atoms. The van der Waals surface area contributed by atoms with Crippen molar-refractivity contribution in [2.24, 2.45) is 5.73 Å². The molecule has 0 aliphatic rings. The van der Waals surface area contributed by atoms with Crippen LogP contribution < -0.4 is 11.1 Å². The molecule has 0 fully saturated rings. The molecule has 96 valence electrons. The van der Waals surface area contributed by atoms with Gasteiger partial charge in [-0.3, -0.25) is 9.59 Å². The molecule has 0 aromatic carbocycles. The maximum absolute atomic E-state index is 11.0. The molecule has 5 nitrogen and oxygen atoms in total. The Morgan fingerprint density at radius 2 is 1.88 bits per heavy atom. The molecule has 0 rings (SSSR count). The van der Waals surface area contributed by atoms with Gasteiger partial charge in [0.05, 0.1) is 7.11 Å². The third-order valence-corrected chi connectivity index (χ3v) is 1.98. The lowest BCUT2D eigenvalue weighted by atomic mass is 10.2. The summed E-state index contributed by atoms with van der Waals surface area (Å²) >= 11 is 0. The maximum atomic E-state index is 11.0. The van der Waals surface area contributed by atoms with Gasteiger partial charge in [-0.1, -0.05) is 6.42 Å². The fourth-order valence-corrected chi connectivity index (χ4v) is 1.12. The monoisotopic (exact) mass is 252 g/mol. The number of hydrogen-bond acceptors (Lipinski definition) is 4. The number of carbonyl (C=O) groups is 2. The first-order valence-electron chi connectivity index (χ1n) is 5.24. The maximum Gasteiger partial charge on any atom is 0.305 e. The Bertz CT molecular complexity index is 201. The van der Waals surface area contributed by atoms with E-state index in [4.69, 9.17) is 5.73 Å². The highest BCUT2D eigenvalue weighted by molar-refractivity contribution is 5.85. The molecule has 1 amide bonds. The number of nitrogens with one attached hydrogen (secondary N) is 1. The molecule has 0 aliphatic heterocycles. The van der Waals surface area contributed by atoms with Gasteiger partial charge < -0.3 is 15.8 Å². The van der Waals surface area contributed by atoms with Crippen LogP contribution in [0.5, 0.6) is 0 Å². The van der Waals surface area contributed by atoms with Crippen LogP contribution in [0.15, 0.2) is 0 Å². The van der Waals surface area contributed by atoms with Crippen molar-refractivity contribution in [2.45, 2.75) is 32.1 Å². The molecule has 0 heterocycles. The second kappa shape index (κ2) is 12.3. The normalized spacial score (nSPS) is 9.12. The molecular weight excluding hydrogens is 232 g/mol. The zero-order chi connectivity index (χ0) is 11.5. The van der Waals surface area contributed by atoms with Crippen molar-refractivity contribution in [3.8, 4) is 0 Å². The molecule has 0 saturated heterocycles. The summed E-state index contributed by atoms with van der Waals surface area (Å²) in [4.78, 5) is 21.7. The highest BCUT2D eigenvalue weighted by atomic mass is 35.5. The van der Waals surface area contributed by atoms with E-state index in [2.05, 4.69) is 10.1 Å². The van der Waals surface area contributed by atoms with Crippen molar-refractivity contribution in [3.63, 3.8) is 0 Å². The Balaban J connectivity index is 0. The number of amides is 1. The zero-order valence-corrected chi connectivity index (χ0v) is 10.5. The first-order valence-corrected chi connectivity index (χ1v) is 5.24. The summed E-state index contributed by atoms with van der Waals surface area (Å²) in [6, 6.07) is 0. The molecule has 0 spiro atoms. The van der Waals surface area contributed by atoms with E-state index in [9.17, 15) is 9.59 Å². The van der Waals surface area contributed by atoms with Crippen molar-refractivity contribution >= 4 is 24.3 Å². The Hall–Kier alpha value is -0.810. The van der Waals surface area contributed by atoms with E-state index in [1.807, 2.05) is 0 Å². The van der Waals surface area contributed by atoms with Crippen LogP contribution in [0.4, 0.5) is 0 Å². The first-order chi connectivity index (χ1) is 7.20. The lowest BCUT2D eigenvalue weighted by Gasteiger charge is -2.03. The predicted molar refractivity (Wildman–Crippen MR) is 64.4 cm³/mol. The average Bonchev–Trinajstić information content (AvgIpc) is 2.23. The molecule has 3 N–H and O–H groups in total. The van der Waals surface area contributed by atoms with E-state index < -0.39 is 0 Å². The highest BCUT2D eigenvalue weighted by Gasteiger charge is 2.00. The minimum atomic E-state index is -0.179. The lowest BCUT2D eigenvalue weighted by Crippen LogP contribution is -2.26. The Labute approximate surface area is 103 Å². The summed E-state index contributed by atoms with van der Waals surface area (Å²) in [7, 11) is 1.38. The van der Waals surface area contributed by atoms with Crippen LogP contribution in [0.3, 0.4) is 0 Å². The van der Waals surface area contributed by atoms with Crippen molar-refractivity contribution < 1.29 is 14.3 Å². The number of ether oxygens (including phenoxy) is 1. The number of methoxy groups -OCH3 is 1. The van der Waals surface area contributed by atoms with Crippen LogP contribution in [0, 0.1) is 0 Å². The fraction of sp³-hybridized carbons (Fsp3) is 0.800. The summed E-state index contributed by atoms with van der Waals surface area (Å²) in [5, 5.41) is 2.75. The van der Waals surface area contributed by atoms with E-state index in [1.54, 1.807) is 0 Å². The van der Waals surface area contributed by atoms with Gasteiger partial charge in [-0.15, -0.1) is 12.4 Å².